The molecule has 0 fully saturated rings. The second kappa shape index (κ2) is 6.48. The molecule has 1 aromatic heterocycles. The van der Waals surface area contributed by atoms with Crippen molar-refractivity contribution < 1.29 is 24.6 Å². The van der Waals surface area contributed by atoms with Gasteiger partial charge in [-0.15, -0.1) is 4.73 Å². The molecule has 132 valence electrons. The Morgan fingerprint density at radius 2 is 1.42 bits per heavy atom. The van der Waals surface area contributed by atoms with Crippen LogP contribution in [0.15, 0.2) is 60.7 Å². The van der Waals surface area contributed by atoms with Gasteiger partial charge in [-0.25, -0.2) is 4.79 Å². The highest BCUT2D eigenvalue weighted by atomic mass is 16.8. The number of aromatic nitrogens is 1. The molecular weight excluding hydrogens is 334 g/mol. The van der Waals surface area contributed by atoms with Crippen LogP contribution in [0.3, 0.4) is 0 Å². The highest BCUT2D eigenvalue weighted by Crippen LogP contribution is 2.45. The number of nitrogens with zero attached hydrogens (tertiary/aromatic N) is 1. The van der Waals surface area contributed by atoms with Gasteiger partial charge in [0.2, 0.25) is 11.8 Å². The lowest BCUT2D eigenvalue weighted by molar-refractivity contribution is 0.0345. The minimum absolute atomic E-state index is 0.142. The van der Waals surface area contributed by atoms with E-state index in [9.17, 15) is 15.0 Å². The quantitative estimate of drug-likeness (QED) is 0.701. The molecule has 0 saturated carbocycles. The van der Waals surface area contributed by atoms with Gasteiger partial charge in [0.15, 0.2) is 0 Å². The Morgan fingerprint density at radius 3 is 2.00 bits per heavy atom. The first kappa shape index (κ1) is 16.1. The zero-order valence-corrected chi connectivity index (χ0v) is 13.8. The molecule has 6 nitrogen and oxygen atoms in total. The number of carbonyl (C=O) groups is 1. The summed E-state index contributed by atoms with van der Waals surface area (Å²) in [6.07, 6.45) is -0.390. The van der Waals surface area contributed by atoms with Crippen molar-refractivity contribution in [3.63, 3.8) is 0 Å². The number of rotatable bonds is 4. The highest BCUT2D eigenvalue weighted by molar-refractivity contribution is 5.78. The normalized spacial score (nSPS) is 12.5. The minimum atomic E-state index is -0.994. The monoisotopic (exact) mass is 351 g/mol. The first-order valence-corrected chi connectivity index (χ1v) is 8.28. The topological polar surface area (TPSA) is 80.9 Å². The maximum atomic E-state index is 11.8. The Morgan fingerprint density at radius 1 is 0.885 bits per heavy atom. The first-order chi connectivity index (χ1) is 12.6. The third-order valence-corrected chi connectivity index (χ3v) is 4.55. The molecule has 0 bridgehead atoms. The third kappa shape index (κ3) is 2.75. The number of hydrogen-bond donors (Lipinski definition) is 2. The Bertz CT molecular complexity index is 897. The summed E-state index contributed by atoms with van der Waals surface area (Å²) in [4.78, 5) is 16.6. The first-order valence-electron chi connectivity index (χ1n) is 8.28. The van der Waals surface area contributed by atoms with Crippen molar-refractivity contribution in [3.8, 4) is 22.9 Å². The molecule has 0 unspecified atom stereocenters. The number of ether oxygens (including phenoxy) is 1. The van der Waals surface area contributed by atoms with Crippen LogP contribution in [-0.4, -0.2) is 27.7 Å². The fourth-order valence-electron chi connectivity index (χ4n) is 3.43. The second-order valence-corrected chi connectivity index (χ2v) is 6.05. The fourth-order valence-corrected chi connectivity index (χ4v) is 3.43. The van der Waals surface area contributed by atoms with Crippen LogP contribution in [0, 0.1) is 0 Å². The average Bonchev–Trinajstić information content (AvgIpc) is 3.14. The summed E-state index contributed by atoms with van der Waals surface area (Å²) in [6, 6.07) is 18.8. The molecule has 6 heteroatoms. The predicted octanol–water partition coefficient (Wildman–Crippen LogP) is 3.67. The van der Waals surface area contributed by atoms with E-state index in [4.69, 9.17) is 9.57 Å². The molecule has 1 heterocycles. The van der Waals surface area contributed by atoms with E-state index >= 15 is 0 Å². The molecule has 4 rings (SSSR count). The number of benzene rings is 2. The van der Waals surface area contributed by atoms with Gasteiger partial charge in [-0.05, 0) is 28.7 Å². The van der Waals surface area contributed by atoms with Crippen molar-refractivity contribution in [2.45, 2.75) is 12.3 Å². The highest BCUT2D eigenvalue weighted by Gasteiger charge is 2.28. The zero-order valence-electron chi connectivity index (χ0n) is 13.8. The van der Waals surface area contributed by atoms with Crippen LogP contribution in [0.4, 0.5) is 4.79 Å². The van der Waals surface area contributed by atoms with Crippen LogP contribution < -0.4 is 4.84 Å². The lowest BCUT2D eigenvalue weighted by Gasteiger charge is -2.14. The SMILES string of the molecule is O=C(OCCC1c2ccccc2-c2ccccc21)On1c(O)ccc1O. The lowest BCUT2D eigenvalue weighted by Crippen LogP contribution is -2.21. The van der Waals surface area contributed by atoms with Crippen molar-refractivity contribution in [2.24, 2.45) is 0 Å². The van der Waals surface area contributed by atoms with Gasteiger partial charge in [-0.2, -0.15) is 0 Å². The van der Waals surface area contributed by atoms with Crippen LogP contribution in [0.25, 0.3) is 11.1 Å². The third-order valence-electron chi connectivity index (χ3n) is 4.55. The number of fused-ring (bicyclic) bond motifs is 3. The molecule has 2 N–H and O–H groups in total. The maximum Gasteiger partial charge on any atom is 0.533 e. The molecule has 0 atom stereocenters. The smallest absolute Gasteiger partial charge is 0.492 e. The summed E-state index contributed by atoms with van der Waals surface area (Å²) in [6.45, 7) is 0.148. The Hall–Kier alpha value is -3.41. The molecule has 2 aromatic carbocycles. The summed E-state index contributed by atoms with van der Waals surface area (Å²) in [5.74, 6) is -0.639. The van der Waals surface area contributed by atoms with E-state index < -0.39 is 17.9 Å². The van der Waals surface area contributed by atoms with Crippen LogP contribution in [0.5, 0.6) is 11.8 Å². The standard InChI is InChI=1S/C20H17NO5/c22-18-9-10-19(23)21(18)26-20(24)25-12-11-17-15-7-3-1-5-13(15)14-6-2-4-8-16(14)17/h1-10,17,22-23H,11-12H2. The van der Waals surface area contributed by atoms with Gasteiger partial charge in [0.1, 0.15) is 0 Å². The minimum Gasteiger partial charge on any atom is -0.492 e. The van der Waals surface area contributed by atoms with Crippen molar-refractivity contribution in [1.82, 2.24) is 4.73 Å². The molecule has 0 saturated heterocycles. The molecule has 0 aliphatic heterocycles. The summed E-state index contributed by atoms with van der Waals surface area (Å²) in [7, 11) is 0. The molecule has 26 heavy (non-hydrogen) atoms. The van der Waals surface area contributed by atoms with Crippen LogP contribution >= 0.6 is 0 Å². The van der Waals surface area contributed by atoms with Crippen molar-refractivity contribution in [1.29, 1.82) is 0 Å². The number of carbonyl (C=O) groups excluding carboxylic acids is 1. The van der Waals surface area contributed by atoms with Gasteiger partial charge in [0.05, 0.1) is 6.61 Å². The van der Waals surface area contributed by atoms with E-state index in [2.05, 4.69) is 24.3 Å². The van der Waals surface area contributed by atoms with Crippen molar-refractivity contribution in [3.05, 3.63) is 71.8 Å². The Kier molecular flexibility index (Phi) is 4.01. The van der Waals surface area contributed by atoms with Crippen molar-refractivity contribution in [2.75, 3.05) is 6.61 Å². The van der Waals surface area contributed by atoms with Crippen molar-refractivity contribution >= 4 is 6.16 Å². The zero-order chi connectivity index (χ0) is 18.1. The van der Waals surface area contributed by atoms with Gasteiger partial charge in [-0.3, -0.25) is 4.84 Å². The van der Waals surface area contributed by atoms with E-state index in [0.29, 0.717) is 11.2 Å². The molecule has 0 amide bonds. The predicted molar refractivity (Wildman–Crippen MR) is 94.0 cm³/mol. The second-order valence-electron chi connectivity index (χ2n) is 6.05. The number of hydrogen-bond acceptors (Lipinski definition) is 5. The lowest BCUT2D eigenvalue weighted by atomic mass is 9.94. The fraction of sp³-hybridized carbons (Fsp3) is 0.150. The molecule has 1 aliphatic rings. The molecule has 3 aromatic rings. The van der Waals surface area contributed by atoms with Gasteiger partial charge >= 0.3 is 6.16 Å². The van der Waals surface area contributed by atoms with Gasteiger partial charge in [-0.1, -0.05) is 48.5 Å². The van der Waals surface area contributed by atoms with Crippen LogP contribution in [0.2, 0.25) is 0 Å². The molecule has 0 spiro atoms. The Labute approximate surface area is 149 Å². The van der Waals surface area contributed by atoms with Crippen LogP contribution in [-0.2, 0) is 4.74 Å². The van der Waals surface area contributed by atoms with E-state index in [1.54, 1.807) is 0 Å². The Balaban J connectivity index is 1.43. The molecule has 0 radical (unpaired) electrons. The van der Waals surface area contributed by atoms with Gasteiger partial charge in [0.25, 0.3) is 0 Å². The summed E-state index contributed by atoms with van der Waals surface area (Å²) in [5, 5.41) is 18.9. The molecular formula is C20H17NO5. The average molecular weight is 351 g/mol. The van der Waals surface area contributed by atoms with E-state index in [0.717, 1.165) is 0 Å². The van der Waals surface area contributed by atoms with E-state index in [1.165, 1.54) is 34.4 Å². The van der Waals surface area contributed by atoms with Gasteiger partial charge in [0, 0.05) is 18.1 Å². The summed E-state index contributed by atoms with van der Waals surface area (Å²) >= 11 is 0. The summed E-state index contributed by atoms with van der Waals surface area (Å²) in [5.41, 5.74) is 4.84. The molecule has 1 aliphatic carbocycles. The van der Waals surface area contributed by atoms with E-state index in [-0.39, 0.29) is 12.5 Å². The van der Waals surface area contributed by atoms with Crippen LogP contribution in [0.1, 0.15) is 23.5 Å². The number of aromatic hydroxyl groups is 2. The van der Waals surface area contributed by atoms with Gasteiger partial charge < -0.3 is 14.9 Å². The largest absolute Gasteiger partial charge is 0.533 e. The summed E-state index contributed by atoms with van der Waals surface area (Å²) < 4.78 is 5.71. The maximum absolute atomic E-state index is 11.8. The van der Waals surface area contributed by atoms with E-state index in [1.807, 2.05) is 24.3 Å².